The molecule has 1 aromatic heterocycles. The maximum atomic E-state index is 12.0. The molecule has 3 aliphatic rings. The number of H-pyrrole nitrogens is 1. The number of anilines is 2. The van der Waals surface area contributed by atoms with Crippen molar-refractivity contribution in [2.45, 2.75) is 6.04 Å². The van der Waals surface area contributed by atoms with E-state index in [0.29, 0.717) is 18.8 Å². The van der Waals surface area contributed by atoms with E-state index in [9.17, 15) is 4.79 Å². The van der Waals surface area contributed by atoms with Crippen LogP contribution >= 0.6 is 0 Å². The fourth-order valence-corrected chi connectivity index (χ4v) is 4.18. The minimum Gasteiger partial charge on any atom is -0.495 e. The summed E-state index contributed by atoms with van der Waals surface area (Å²) in [6.45, 7) is 6.44. The summed E-state index contributed by atoms with van der Waals surface area (Å²) in [4.78, 5) is 26.5. The maximum Gasteiger partial charge on any atom is 0.209 e. The lowest BCUT2D eigenvalue weighted by molar-refractivity contribution is 0.153. The van der Waals surface area contributed by atoms with Gasteiger partial charge in [0.15, 0.2) is 5.69 Å². The van der Waals surface area contributed by atoms with Crippen LogP contribution in [-0.4, -0.2) is 68.0 Å². The van der Waals surface area contributed by atoms with Crippen LogP contribution in [0, 0.1) is 0 Å². The lowest BCUT2D eigenvalue weighted by Crippen LogP contribution is -2.47. The number of hydrogen-bond acceptors (Lipinski definition) is 6. The minimum absolute atomic E-state index is 0.0463. The zero-order chi connectivity index (χ0) is 19.6. The molecule has 3 aliphatic heterocycles. The van der Waals surface area contributed by atoms with E-state index in [-0.39, 0.29) is 11.5 Å². The van der Waals surface area contributed by atoms with Crippen molar-refractivity contribution in [3.8, 4) is 0 Å². The van der Waals surface area contributed by atoms with E-state index in [1.165, 1.54) is 11.8 Å². The summed E-state index contributed by atoms with van der Waals surface area (Å²) < 4.78 is 6.06. The van der Waals surface area contributed by atoms with Gasteiger partial charge in [-0.25, -0.2) is 0 Å². The van der Waals surface area contributed by atoms with Crippen LogP contribution in [0.5, 0.6) is 0 Å². The van der Waals surface area contributed by atoms with Crippen molar-refractivity contribution in [2.24, 2.45) is 4.99 Å². The summed E-state index contributed by atoms with van der Waals surface area (Å²) in [5.41, 5.74) is 1.73. The third-order valence-corrected chi connectivity index (χ3v) is 5.79. The van der Waals surface area contributed by atoms with E-state index in [1.807, 2.05) is 6.21 Å². The smallest absolute Gasteiger partial charge is 0.209 e. The van der Waals surface area contributed by atoms with Crippen molar-refractivity contribution in [1.29, 1.82) is 0 Å². The first-order chi connectivity index (χ1) is 14.3. The van der Waals surface area contributed by atoms with E-state index in [4.69, 9.17) is 4.74 Å². The predicted octanol–water partition coefficient (Wildman–Crippen LogP) is 2.00. The Kier molecular flexibility index (Phi) is 4.81. The van der Waals surface area contributed by atoms with Crippen LogP contribution in [0.25, 0.3) is 0 Å². The number of fused-ring (bicyclic) bond motifs is 3. The number of aromatic nitrogens is 1. The maximum absolute atomic E-state index is 12.0. The molecule has 1 atom stereocenters. The van der Waals surface area contributed by atoms with Gasteiger partial charge < -0.3 is 19.5 Å². The zero-order valence-electron chi connectivity index (χ0n) is 16.3. The van der Waals surface area contributed by atoms with Crippen molar-refractivity contribution in [1.82, 2.24) is 9.88 Å². The summed E-state index contributed by atoms with van der Waals surface area (Å²) in [6, 6.07) is 12.2. The molecule has 0 aliphatic carbocycles. The van der Waals surface area contributed by atoms with E-state index in [2.05, 4.69) is 61.1 Å². The Balaban J connectivity index is 1.11. The molecule has 0 spiro atoms. The SMILES string of the molecule is O=c1cc[nH]c2c1N=CC1C=C(OCCN3CCN(c4ccccc4)CC3)CN21. The number of hydrogen-bond donors (Lipinski definition) is 1. The van der Waals surface area contributed by atoms with Gasteiger partial charge in [-0.15, -0.1) is 0 Å². The number of nitrogens with one attached hydrogen (secondary N) is 1. The number of pyridine rings is 1. The Morgan fingerprint density at radius 2 is 1.93 bits per heavy atom. The van der Waals surface area contributed by atoms with Crippen LogP contribution in [0.1, 0.15) is 0 Å². The fourth-order valence-electron chi connectivity index (χ4n) is 4.18. The van der Waals surface area contributed by atoms with Gasteiger partial charge in [0.1, 0.15) is 18.2 Å². The average molecular weight is 391 g/mol. The first kappa shape index (κ1) is 18.0. The third kappa shape index (κ3) is 3.65. The average Bonchev–Trinajstić information content (AvgIpc) is 3.19. The van der Waals surface area contributed by atoms with Crippen LogP contribution in [0.2, 0.25) is 0 Å². The van der Waals surface area contributed by atoms with E-state index in [0.717, 1.165) is 44.3 Å². The minimum atomic E-state index is -0.0579. The lowest BCUT2D eigenvalue weighted by Gasteiger charge is -2.36. The molecule has 1 fully saturated rings. The number of ether oxygens (including phenoxy) is 1. The van der Waals surface area contributed by atoms with Gasteiger partial charge in [-0.3, -0.25) is 14.7 Å². The Labute approximate surface area is 169 Å². The molecule has 29 heavy (non-hydrogen) atoms. The second kappa shape index (κ2) is 7.75. The zero-order valence-corrected chi connectivity index (χ0v) is 16.3. The second-order valence-electron chi connectivity index (χ2n) is 7.58. The molecule has 0 bridgehead atoms. The summed E-state index contributed by atoms with van der Waals surface area (Å²) >= 11 is 0. The topological polar surface area (TPSA) is 64.2 Å². The summed E-state index contributed by atoms with van der Waals surface area (Å²) in [6.07, 6.45) is 5.58. The van der Waals surface area contributed by atoms with Crippen LogP contribution in [0.15, 0.2) is 64.2 Å². The molecular weight excluding hydrogens is 366 g/mol. The molecule has 5 rings (SSSR count). The van der Waals surface area contributed by atoms with Gasteiger partial charge in [0.25, 0.3) is 0 Å². The number of para-hydroxylation sites is 1. The Hall–Kier alpha value is -3.06. The Morgan fingerprint density at radius 1 is 1.10 bits per heavy atom. The quantitative estimate of drug-likeness (QED) is 0.845. The summed E-state index contributed by atoms with van der Waals surface area (Å²) in [5.74, 6) is 1.72. The highest BCUT2D eigenvalue weighted by atomic mass is 16.5. The number of benzene rings is 1. The normalized spacial score (nSPS) is 21.0. The van der Waals surface area contributed by atoms with Gasteiger partial charge >= 0.3 is 0 Å². The molecule has 2 aromatic rings. The molecule has 0 radical (unpaired) electrons. The van der Waals surface area contributed by atoms with Crippen molar-refractivity contribution in [2.75, 3.05) is 55.7 Å². The summed E-state index contributed by atoms with van der Waals surface area (Å²) in [5, 5.41) is 0. The molecule has 1 unspecified atom stereocenters. The lowest BCUT2D eigenvalue weighted by atomic mass is 10.2. The van der Waals surface area contributed by atoms with Crippen LogP contribution in [0.3, 0.4) is 0 Å². The third-order valence-electron chi connectivity index (χ3n) is 5.79. The van der Waals surface area contributed by atoms with Crippen LogP contribution in [0.4, 0.5) is 17.2 Å². The van der Waals surface area contributed by atoms with E-state index >= 15 is 0 Å². The molecule has 0 saturated carbocycles. The van der Waals surface area contributed by atoms with Gasteiger partial charge in [-0.05, 0) is 18.2 Å². The molecule has 1 N–H and O–H groups in total. The van der Waals surface area contributed by atoms with Crippen molar-refractivity contribution in [3.05, 3.63) is 64.7 Å². The molecule has 1 saturated heterocycles. The molecule has 1 aromatic carbocycles. The number of aromatic amines is 1. The van der Waals surface area contributed by atoms with Gasteiger partial charge in [-0.2, -0.15) is 0 Å². The molecule has 150 valence electrons. The molecular formula is C22H25N5O2. The van der Waals surface area contributed by atoms with Crippen LogP contribution in [-0.2, 0) is 4.74 Å². The number of rotatable bonds is 5. The van der Waals surface area contributed by atoms with Gasteiger partial charge in [-0.1, -0.05) is 18.2 Å². The second-order valence-corrected chi connectivity index (χ2v) is 7.58. The molecule has 7 heteroatoms. The van der Waals surface area contributed by atoms with Gasteiger partial charge in [0.2, 0.25) is 5.43 Å². The molecule has 0 amide bonds. The van der Waals surface area contributed by atoms with Crippen molar-refractivity contribution >= 4 is 23.4 Å². The Bertz CT molecular complexity index is 976. The monoisotopic (exact) mass is 391 g/mol. The Morgan fingerprint density at radius 3 is 2.76 bits per heavy atom. The van der Waals surface area contributed by atoms with Crippen molar-refractivity contribution in [3.63, 3.8) is 0 Å². The highest BCUT2D eigenvalue weighted by molar-refractivity contribution is 5.85. The molecule has 4 heterocycles. The first-order valence-electron chi connectivity index (χ1n) is 10.2. The number of aliphatic imine (C=N–C) groups is 1. The van der Waals surface area contributed by atoms with Crippen LogP contribution < -0.4 is 15.2 Å². The standard InChI is InChI=1S/C22H25N5O2/c28-20-6-7-23-22-21(20)24-15-18-14-19(16-27(18)22)29-13-12-25-8-10-26(11-9-25)17-4-2-1-3-5-17/h1-7,14-15,18H,8-13,16H2,(H,23,28). The highest BCUT2D eigenvalue weighted by Gasteiger charge is 2.30. The first-order valence-corrected chi connectivity index (χ1v) is 10.2. The number of nitrogens with zero attached hydrogens (tertiary/aromatic N) is 4. The fraction of sp³-hybridized carbons (Fsp3) is 0.364. The van der Waals surface area contributed by atoms with E-state index in [1.54, 1.807) is 6.20 Å². The van der Waals surface area contributed by atoms with Crippen molar-refractivity contribution < 1.29 is 4.74 Å². The van der Waals surface area contributed by atoms with Gasteiger partial charge in [0, 0.05) is 56.9 Å². The van der Waals surface area contributed by atoms with Gasteiger partial charge in [0.05, 0.1) is 12.6 Å². The molecule has 7 nitrogen and oxygen atoms in total. The number of piperazine rings is 1. The predicted molar refractivity (Wildman–Crippen MR) is 115 cm³/mol. The largest absolute Gasteiger partial charge is 0.495 e. The van der Waals surface area contributed by atoms with E-state index < -0.39 is 0 Å². The highest BCUT2D eigenvalue weighted by Crippen LogP contribution is 2.32. The summed E-state index contributed by atoms with van der Waals surface area (Å²) in [7, 11) is 0.